The molecular weight excluding hydrogens is 304 g/mol. The third-order valence-corrected chi connectivity index (χ3v) is 4.22. The Balaban J connectivity index is 1.73. The molecule has 122 valence electrons. The molecule has 2 atom stereocenters. The molecule has 1 aliphatic carbocycles. The van der Waals surface area contributed by atoms with Gasteiger partial charge in [0.2, 0.25) is 5.95 Å². The van der Waals surface area contributed by atoms with E-state index in [0.29, 0.717) is 17.0 Å². The number of aliphatic hydroxyl groups excluding tert-OH is 1. The molecule has 0 radical (unpaired) electrons. The monoisotopic (exact) mass is 322 g/mol. The number of nitrogens with one attached hydrogen (secondary N) is 1. The summed E-state index contributed by atoms with van der Waals surface area (Å²) in [7, 11) is 0. The molecule has 2 aromatic heterocycles. The third kappa shape index (κ3) is 2.59. The summed E-state index contributed by atoms with van der Waals surface area (Å²) in [5.41, 5.74) is 8.17. The van der Waals surface area contributed by atoms with Crippen LogP contribution in [0.1, 0.15) is 12.5 Å². The number of aromatic nitrogens is 4. The molecule has 2 heterocycles. The van der Waals surface area contributed by atoms with Crippen LogP contribution < -0.4 is 11.1 Å². The van der Waals surface area contributed by atoms with Gasteiger partial charge < -0.3 is 20.7 Å². The molecule has 1 aromatic carbocycles. The lowest BCUT2D eigenvalue weighted by Crippen LogP contribution is -2.09. The number of nitrogen functional groups attached to an aromatic ring is 1. The predicted octanol–water partition coefficient (Wildman–Crippen LogP) is 2.26. The minimum atomic E-state index is 0.117. The van der Waals surface area contributed by atoms with Crippen molar-refractivity contribution in [2.45, 2.75) is 12.5 Å². The highest BCUT2D eigenvalue weighted by Gasteiger charge is 2.23. The van der Waals surface area contributed by atoms with Gasteiger partial charge in [-0.05, 0) is 18.6 Å². The van der Waals surface area contributed by atoms with Crippen LogP contribution in [-0.2, 0) is 0 Å². The van der Waals surface area contributed by atoms with Crippen molar-refractivity contribution in [1.82, 2.24) is 19.5 Å². The zero-order chi connectivity index (χ0) is 16.5. The SMILES string of the molecule is Nc1nc(Nc2ccccc2)c2ncn([C@@H]3C=C[C@H](CO)C3)c2n1. The molecule has 0 unspecified atom stereocenters. The van der Waals surface area contributed by atoms with Crippen LogP contribution in [0.4, 0.5) is 17.5 Å². The first kappa shape index (κ1) is 14.6. The summed E-state index contributed by atoms with van der Waals surface area (Å²) in [5, 5.41) is 12.6. The van der Waals surface area contributed by atoms with Crippen molar-refractivity contribution < 1.29 is 5.11 Å². The van der Waals surface area contributed by atoms with Crippen molar-refractivity contribution >= 4 is 28.6 Å². The largest absolute Gasteiger partial charge is 0.396 e. The van der Waals surface area contributed by atoms with Crippen molar-refractivity contribution in [2.24, 2.45) is 5.92 Å². The smallest absolute Gasteiger partial charge is 0.224 e. The van der Waals surface area contributed by atoms with Gasteiger partial charge in [-0.25, -0.2) is 4.98 Å². The minimum Gasteiger partial charge on any atom is -0.396 e. The van der Waals surface area contributed by atoms with Gasteiger partial charge in [0.15, 0.2) is 17.0 Å². The number of anilines is 3. The van der Waals surface area contributed by atoms with Gasteiger partial charge in [-0.1, -0.05) is 30.4 Å². The lowest BCUT2D eigenvalue weighted by atomic mass is 10.1. The van der Waals surface area contributed by atoms with Gasteiger partial charge in [-0.3, -0.25) is 0 Å². The molecule has 3 aromatic rings. The Morgan fingerprint density at radius 2 is 2.04 bits per heavy atom. The quantitative estimate of drug-likeness (QED) is 0.637. The molecular formula is C17H18N6O. The highest BCUT2D eigenvalue weighted by molar-refractivity contribution is 5.86. The van der Waals surface area contributed by atoms with Gasteiger partial charge in [0, 0.05) is 18.2 Å². The van der Waals surface area contributed by atoms with Crippen LogP contribution >= 0.6 is 0 Å². The number of rotatable bonds is 4. The number of nitrogens with zero attached hydrogens (tertiary/aromatic N) is 4. The van der Waals surface area contributed by atoms with Gasteiger partial charge in [-0.15, -0.1) is 0 Å². The Kier molecular flexibility index (Phi) is 3.62. The van der Waals surface area contributed by atoms with Gasteiger partial charge >= 0.3 is 0 Å². The normalized spacial score (nSPS) is 19.9. The number of hydrogen-bond acceptors (Lipinski definition) is 6. The highest BCUT2D eigenvalue weighted by Crippen LogP contribution is 2.31. The van der Waals surface area contributed by atoms with Crippen molar-refractivity contribution in [2.75, 3.05) is 17.7 Å². The molecule has 1 aliphatic rings. The number of para-hydroxylation sites is 1. The highest BCUT2D eigenvalue weighted by atomic mass is 16.3. The number of benzene rings is 1. The number of fused-ring (bicyclic) bond motifs is 1. The second-order valence-corrected chi connectivity index (χ2v) is 5.88. The molecule has 0 bridgehead atoms. The van der Waals surface area contributed by atoms with Crippen molar-refractivity contribution in [3.8, 4) is 0 Å². The van der Waals surface area contributed by atoms with Gasteiger partial charge in [-0.2, -0.15) is 9.97 Å². The summed E-state index contributed by atoms with van der Waals surface area (Å²) >= 11 is 0. The molecule has 0 aliphatic heterocycles. The average molecular weight is 322 g/mol. The fourth-order valence-electron chi connectivity index (χ4n) is 3.02. The third-order valence-electron chi connectivity index (χ3n) is 4.22. The number of allylic oxidation sites excluding steroid dienone is 1. The first-order valence-electron chi connectivity index (χ1n) is 7.86. The van der Waals surface area contributed by atoms with E-state index in [2.05, 4.69) is 26.3 Å². The number of hydrogen-bond donors (Lipinski definition) is 3. The lowest BCUT2D eigenvalue weighted by molar-refractivity contribution is 0.244. The first-order valence-corrected chi connectivity index (χ1v) is 7.86. The molecule has 4 rings (SSSR count). The zero-order valence-corrected chi connectivity index (χ0v) is 13.0. The van der Waals surface area contributed by atoms with E-state index < -0.39 is 0 Å². The summed E-state index contributed by atoms with van der Waals surface area (Å²) in [6.45, 7) is 0.150. The molecule has 0 spiro atoms. The van der Waals surface area contributed by atoms with E-state index in [9.17, 15) is 5.11 Å². The van der Waals surface area contributed by atoms with E-state index >= 15 is 0 Å². The van der Waals surface area contributed by atoms with E-state index in [-0.39, 0.29) is 24.5 Å². The predicted molar refractivity (Wildman–Crippen MR) is 92.8 cm³/mol. The number of nitrogens with two attached hydrogens (primary N) is 1. The Labute approximate surface area is 138 Å². The first-order chi connectivity index (χ1) is 11.7. The minimum absolute atomic E-state index is 0.117. The molecule has 0 saturated carbocycles. The maximum absolute atomic E-state index is 9.32. The van der Waals surface area contributed by atoms with E-state index in [1.807, 2.05) is 41.0 Å². The zero-order valence-electron chi connectivity index (χ0n) is 13.0. The van der Waals surface area contributed by atoms with Crippen molar-refractivity contribution in [3.63, 3.8) is 0 Å². The van der Waals surface area contributed by atoms with Crippen molar-refractivity contribution in [1.29, 1.82) is 0 Å². The Hall–Kier alpha value is -2.93. The molecule has 4 N–H and O–H groups in total. The molecule has 24 heavy (non-hydrogen) atoms. The standard InChI is InChI=1S/C17H18N6O/c18-17-21-15(20-12-4-2-1-3-5-12)14-16(22-17)23(10-19-14)13-7-6-11(8-13)9-24/h1-7,10-11,13,24H,8-9H2,(H3,18,20,21,22)/t11-,13+/m0/s1. The maximum atomic E-state index is 9.32. The molecule has 0 amide bonds. The Morgan fingerprint density at radius 3 is 2.79 bits per heavy atom. The van der Waals surface area contributed by atoms with Crippen LogP contribution in [0.25, 0.3) is 11.2 Å². The van der Waals surface area contributed by atoms with Gasteiger partial charge in [0.25, 0.3) is 0 Å². The summed E-state index contributed by atoms with van der Waals surface area (Å²) in [4.78, 5) is 13.1. The lowest BCUT2D eigenvalue weighted by Gasteiger charge is -2.13. The molecule has 0 saturated heterocycles. The van der Waals surface area contributed by atoms with E-state index in [1.165, 1.54) is 0 Å². The second-order valence-electron chi connectivity index (χ2n) is 5.88. The summed E-state index contributed by atoms with van der Waals surface area (Å²) < 4.78 is 1.98. The summed E-state index contributed by atoms with van der Waals surface area (Å²) in [6, 6.07) is 9.86. The maximum Gasteiger partial charge on any atom is 0.224 e. The number of imidazole rings is 1. The van der Waals surface area contributed by atoms with Gasteiger partial charge in [0.1, 0.15) is 0 Å². The average Bonchev–Trinajstić information content (AvgIpc) is 3.22. The summed E-state index contributed by atoms with van der Waals surface area (Å²) in [6.07, 6.45) is 6.69. The number of aliphatic hydroxyl groups is 1. The van der Waals surface area contributed by atoms with Crippen LogP contribution in [0.3, 0.4) is 0 Å². The van der Waals surface area contributed by atoms with E-state index in [0.717, 1.165) is 12.1 Å². The van der Waals surface area contributed by atoms with Crippen LogP contribution in [-0.4, -0.2) is 31.2 Å². The van der Waals surface area contributed by atoms with Crippen LogP contribution in [0.15, 0.2) is 48.8 Å². The van der Waals surface area contributed by atoms with Gasteiger partial charge in [0.05, 0.1) is 12.4 Å². The van der Waals surface area contributed by atoms with E-state index in [4.69, 9.17) is 5.73 Å². The molecule has 0 fully saturated rings. The Morgan fingerprint density at radius 1 is 1.21 bits per heavy atom. The van der Waals surface area contributed by atoms with E-state index in [1.54, 1.807) is 6.33 Å². The van der Waals surface area contributed by atoms with Crippen molar-refractivity contribution in [3.05, 3.63) is 48.8 Å². The topological polar surface area (TPSA) is 102 Å². The van der Waals surface area contributed by atoms with Crippen LogP contribution in [0.2, 0.25) is 0 Å². The fraction of sp³-hybridized carbons (Fsp3) is 0.235. The Bertz CT molecular complexity index is 889. The fourth-order valence-corrected chi connectivity index (χ4v) is 3.02. The van der Waals surface area contributed by atoms with Crippen LogP contribution in [0, 0.1) is 5.92 Å². The van der Waals surface area contributed by atoms with Crippen LogP contribution in [0.5, 0.6) is 0 Å². The molecule has 7 nitrogen and oxygen atoms in total. The second kappa shape index (κ2) is 5.93. The summed E-state index contributed by atoms with van der Waals surface area (Å²) in [5.74, 6) is 0.958. The molecule has 7 heteroatoms.